The highest BCUT2D eigenvalue weighted by Crippen LogP contribution is 2.26. The van der Waals surface area contributed by atoms with Gasteiger partial charge < -0.3 is 4.74 Å². The number of rotatable bonds is 3. The van der Waals surface area contributed by atoms with Crippen molar-refractivity contribution in [3.8, 4) is 0 Å². The monoisotopic (exact) mass is 194 g/mol. The highest BCUT2D eigenvalue weighted by molar-refractivity contribution is 5.23. The summed E-state index contributed by atoms with van der Waals surface area (Å²) < 4.78 is 18.7. The van der Waals surface area contributed by atoms with E-state index in [1.165, 1.54) is 0 Å². The first kappa shape index (κ1) is 9.66. The number of ether oxygens (including phenoxy) is 1. The molecule has 1 aromatic rings. The van der Waals surface area contributed by atoms with Gasteiger partial charge in [-0.25, -0.2) is 4.39 Å². The summed E-state index contributed by atoms with van der Waals surface area (Å²) in [6.07, 6.45) is 2.45. The van der Waals surface area contributed by atoms with Gasteiger partial charge in [-0.15, -0.1) is 0 Å². The van der Waals surface area contributed by atoms with Crippen molar-refractivity contribution in [2.75, 3.05) is 0 Å². The summed E-state index contributed by atoms with van der Waals surface area (Å²) in [4.78, 5) is 0. The summed E-state index contributed by atoms with van der Waals surface area (Å²) in [7, 11) is 0. The van der Waals surface area contributed by atoms with Crippen LogP contribution in [0.4, 0.5) is 4.39 Å². The Morgan fingerprint density at radius 1 is 1.43 bits per heavy atom. The Balaban J connectivity index is 1.95. The molecule has 1 heterocycles. The predicted octanol–water partition coefficient (Wildman–Crippen LogP) is 2.85. The third-order valence-corrected chi connectivity index (χ3v) is 2.74. The van der Waals surface area contributed by atoms with Crippen molar-refractivity contribution in [3.63, 3.8) is 0 Å². The van der Waals surface area contributed by atoms with Crippen LogP contribution in [0.1, 0.15) is 24.5 Å². The minimum Gasteiger partial charge on any atom is -0.370 e. The molecule has 1 saturated heterocycles. The van der Waals surface area contributed by atoms with Crippen molar-refractivity contribution in [1.82, 2.24) is 0 Å². The van der Waals surface area contributed by atoms with Crippen molar-refractivity contribution in [1.29, 1.82) is 0 Å². The first-order valence-corrected chi connectivity index (χ1v) is 5.07. The van der Waals surface area contributed by atoms with Gasteiger partial charge in [-0.1, -0.05) is 12.1 Å². The number of epoxide rings is 1. The van der Waals surface area contributed by atoms with Gasteiger partial charge in [0.1, 0.15) is 5.82 Å². The van der Waals surface area contributed by atoms with E-state index in [1.807, 2.05) is 19.1 Å². The smallest absolute Gasteiger partial charge is 0.126 e. The van der Waals surface area contributed by atoms with Crippen molar-refractivity contribution >= 4 is 0 Å². The number of benzene rings is 1. The van der Waals surface area contributed by atoms with E-state index in [1.54, 1.807) is 6.07 Å². The second kappa shape index (κ2) is 3.70. The van der Waals surface area contributed by atoms with Crippen LogP contribution in [-0.4, -0.2) is 12.2 Å². The summed E-state index contributed by atoms with van der Waals surface area (Å²) >= 11 is 0. The Morgan fingerprint density at radius 3 is 2.71 bits per heavy atom. The molecule has 0 aromatic heterocycles. The molecule has 0 N–H and O–H groups in total. The topological polar surface area (TPSA) is 12.5 Å². The number of aryl methyl sites for hydroxylation is 2. The summed E-state index contributed by atoms with van der Waals surface area (Å²) in [6.45, 7) is 3.95. The second-order valence-electron chi connectivity index (χ2n) is 4.01. The van der Waals surface area contributed by atoms with Crippen molar-refractivity contribution in [2.45, 2.75) is 38.9 Å². The van der Waals surface area contributed by atoms with Crippen LogP contribution >= 0.6 is 0 Å². The Hall–Kier alpha value is -0.890. The molecule has 76 valence electrons. The van der Waals surface area contributed by atoms with E-state index in [2.05, 4.69) is 6.92 Å². The molecule has 1 aliphatic rings. The molecule has 0 saturated carbocycles. The molecule has 0 amide bonds. The zero-order chi connectivity index (χ0) is 10.1. The van der Waals surface area contributed by atoms with Crippen LogP contribution in [0.15, 0.2) is 18.2 Å². The normalized spacial score (nSPS) is 25.1. The van der Waals surface area contributed by atoms with Gasteiger partial charge in [0.25, 0.3) is 0 Å². The van der Waals surface area contributed by atoms with E-state index in [9.17, 15) is 4.39 Å². The maximum atomic E-state index is 13.4. The molecule has 0 aliphatic carbocycles. The molecule has 2 atom stereocenters. The molecule has 1 nitrogen and oxygen atoms in total. The van der Waals surface area contributed by atoms with Crippen LogP contribution in [0.5, 0.6) is 0 Å². The van der Waals surface area contributed by atoms with E-state index in [-0.39, 0.29) is 5.82 Å². The van der Waals surface area contributed by atoms with Crippen molar-refractivity contribution in [3.05, 3.63) is 35.1 Å². The van der Waals surface area contributed by atoms with Crippen molar-refractivity contribution < 1.29 is 9.13 Å². The van der Waals surface area contributed by atoms with Gasteiger partial charge in [0.2, 0.25) is 0 Å². The Kier molecular flexibility index (Phi) is 2.55. The highest BCUT2D eigenvalue weighted by Gasteiger charge is 2.33. The zero-order valence-electron chi connectivity index (χ0n) is 8.59. The Morgan fingerprint density at radius 2 is 2.14 bits per heavy atom. The van der Waals surface area contributed by atoms with E-state index < -0.39 is 0 Å². The maximum absolute atomic E-state index is 13.4. The minimum absolute atomic E-state index is 0.0849. The molecular formula is C12H15FO. The minimum atomic E-state index is -0.0849. The maximum Gasteiger partial charge on any atom is 0.126 e. The lowest BCUT2D eigenvalue weighted by atomic mass is 10.1. The Labute approximate surface area is 83.9 Å². The summed E-state index contributed by atoms with van der Waals surface area (Å²) in [5, 5.41) is 0. The van der Waals surface area contributed by atoms with Gasteiger partial charge in [-0.3, -0.25) is 0 Å². The van der Waals surface area contributed by atoms with Crippen LogP contribution < -0.4 is 0 Å². The average Bonchev–Trinajstić information content (AvgIpc) is 2.80. The van der Waals surface area contributed by atoms with E-state index in [0.717, 1.165) is 24.0 Å². The van der Waals surface area contributed by atoms with Gasteiger partial charge in [-0.2, -0.15) is 0 Å². The summed E-state index contributed by atoms with van der Waals surface area (Å²) in [6, 6.07) is 5.42. The molecule has 1 aliphatic heterocycles. The molecule has 2 rings (SSSR count). The van der Waals surface area contributed by atoms with Crippen LogP contribution in [0.25, 0.3) is 0 Å². The van der Waals surface area contributed by atoms with Gasteiger partial charge in [-0.05, 0) is 43.9 Å². The lowest BCUT2D eigenvalue weighted by Crippen LogP contribution is -1.96. The Bertz CT molecular complexity index is 335. The SMILES string of the molecule is Cc1ccc(CCC2OC2C)c(F)c1. The zero-order valence-corrected chi connectivity index (χ0v) is 8.59. The number of hydrogen-bond acceptors (Lipinski definition) is 1. The molecule has 14 heavy (non-hydrogen) atoms. The van der Waals surface area contributed by atoms with E-state index in [4.69, 9.17) is 4.74 Å². The van der Waals surface area contributed by atoms with Gasteiger partial charge in [0.05, 0.1) is 12.2 Å². The molecule has 0 radical (unpaired) electrons. The fourth-order valence-electron chi connectivity index (χ4n) is 1.69. The molecular weight excluding hydrogens is 179 g/mol. The molecule has 0 bridgehead atoms. The van der Waals surface area contributed by atoms with Gasteiger partial charge in [0, 0.05) is 0 Å². The third-order valence-electron chi connectivity index (χ3n) is 2.74. The summed E-state index contributed by atoms with van der Waals surface area (Å²) in [5.74, 6) is -0.0849. The third kappa shape index (κ3) is 2.13. The first-order valence-electron chi connectivity index (χ1n) is 5.07. The summed E-state index contributed by atoms with van der Waals surface area (Å²) in [5.41, 5.74) is 1.78. The first-order chi connectivity index (χ1) is 6.66. The largest absolute Gasteiger partial charge is 0.370 e. The standard InChI is InChI=1S/C12H15FO/c1-8-3-4-10(11(13)7-8)5-6-12-9(2)14-12/h3-4,7,9,12H,5-6H2,1-2H3. The van der Waals surface area contributed by atoms with Crippen molar-refractivity contribution in [2.24, 2.45) is 0 Å². The predicted molar refractivity (Wildman–Crippen MR) is 53.8 cm³/mol. The molecule has 1 fully saturated rings. The highest BCUT2D eigenvalue weighted by atomic mass is 19.1. The van der Waals surface area contributed by atoms with Gasteiger partial charge in [0.15, 0.2) is 0 Å². The van der Waals surface area contributed by atoms with Crippen LogP contribution in [0.2, 0.25) is 0 Å². The van der Waals surface area contributed by atoms with Crippen LogP contribution in [0.3, 0.4) is 0 Å². The quantitative estimate of drug-likeness (QED) is 0.674. The number of hydrogen-bond donors (Lipinski definition) is 0. The van der Waals surface area contributed by atoms with Crippen LogP contribution in [-0.2, 0) is 11.2 Å². The average molecular weight is 194 g/mol. The second-order valence-corrected chi connectivity index (χ2v) is 4.01. The fraction of sp³-hybridized carbons (Fsp3) is 0.500. The molecule has 1 aromatic carbocycles. The molecule has 2 unspecified atom stereocenters. The molecule has 2 heteroatoms. The lowest BCUT2D eigenvalue weighted by Gasteiger charge is -2.02. The lowest BCUT2D eigenvalue weighted by molar-refractivity contribution is 0.370. The van der Waals surface area contributed by atoms with E-state index >= 15 is 0 Å². The number of halogens is 1. The van der Waals surface area contributed by atoms with Gasteiger partial charge >= 0.3 is 0 Å². The molecule has 0 spiro atoms. The van der Waals surface area contributed by atoms with Crippen LogP contribution in [0, 0.1) is 12.7 Å². The fourth-order valence-corrected chi connectivity index (χ4v) is 1.69. The van der Waals surface area contributed by atoms with E-state index in [0.29, 0.717) is 12.2 Å².